The number of fused-ring (bicyclic) bond motifs is 1. The summed E-state index contributed by atoms with van der Waals surface area (Å²) in [7, 11) is 0. The molecule has 1 aromatic carbocycles. The quantitative estimate of drug-likeness (QED) is 0.790. The summed E-state index contributed by atoms with van der Waals surface area (Å²) in [5, 5.41) is 12.2. The van der Waals surface area contributed by atoms with Gasteiger partial charge in [0.05, 0.1) is 5.57 Å². The van der Waals surface area contributed by atoms with Gasteiger partial charge in [0, 0.05) is 10.6 Å². The van der Waals surface area contributed by atoms with Gasteiger partial charge in [0.15, 0.2) is 0 Å². The zero-order valence-electron chi connectivity index (χ0n) is 11.8. The van der Waals surface area contributed by atoms with E-state index in [2.05, 4.69) is 11.9 Å². The Labute approximate surface area is 133 Å². The highest BCUT2D eigenvalue weighted by Crippen LogP contribution is 2.29. The van der Waals surface area contributed by atoms with Gasteiger partial charge in [-0.05, 0) is 37.1 Å². The first-order valence-corrected chi connectivity index (χ1v) is 7.16. The van der Waals surface area contributed by atoms with Crippen molar-refractivity contribution in [3.8, 4) is 5.75 Å². The average molecular weight is 322 g/mol. The molecule has 0 saturated carbocycles. The molecule has 0 radical (unpaired) electrons. The molecule has 0 aliphatic carbocycles. The molecule has 1 aliphatic rings. The van der Waals surface area contributed by atoms with Crippen molar-refractivity contribution < 1.29 is 19.4 Å². The number of hydrogen-bond acceptors (Lipinski definition) is 3. The molecule has 1 atom stereocenters. The molecule has 1 aliphatic heterocycles. The topological polar surface area (TPSA) is 75.6 Å². The molecule has 0 aromatic heterocycles. The summed E-state index contributed by atoms with van der Waals surface area (Å²) in [6.45, 7) is 3.64. The second-order valence-corrected chi connectivity index (χ2v) is 5.31. The van der Waals surface area contributed by atoms with Gasteiger partial charge in [-0.2, -0.15) is 0 Å². The number of carboxylic acid groups (broad SMARTS) is 1. The van der Waals surface area contributed by atoms with E-state index < -0.39 is 17.9 Å². The van der Waals surface area contributed by atoms with Crippen LogP contribution in [0.1, 0.15) is 18.4 Å². The maximum atomic E-state index is 12.2. The van der Waals surface area contributed by atoms with Crippen molar-refractivity contribution in [2.24, 2.45) is 0 Å². The Morgan fingerprint density at radius 3 is 2.95 bits per heavy atom. The van der Waals surface area contributed by atoms with E-state index in [9.17, 15) is 9.59 Å². The molecule has 0 saturated heterocycles. The third-order valence-corrected chi connectivity index (χ3v) is 3.47. The molecule has 1 unspecified atom stereocenters. The van der Waals surface area contributed by atoms with E-state index in [1.807, 2.05) is 0 Å². The van der Waals surface area contributed by atoms with E-state index >= 15 is 0 Å². The van der Waals surface area contributed by atoms with Crippen LogP contribution in [-0.4, -0.2) is 29.6 Å². The van der Waals surface area contributed by atoms with Crippen molar-refractivity contribution in [2.45, 2.75) is 18.9 Å². The molecule has 2 rings (SSSR count). The van der Waals surface area contributed by atoms with Crippen molar-refractivity contribution in [2.75, 3.05) is 6.61 Å². The van der Waals surface area contributed by atoms with Crippen LogP contribution in [0, 0.1) is 0 Å². The number of carbonyl (C=O) groups excluding carboxylic acids is 1. The highest BCUT2D eigenvalue weighted by Gasteiger charge is 2.23. The van der Waals surface area contributed by atoms with Gasteiger partial charge in [0.1, 0.15) is 18.4 Å². The lowest BCUT2D eigenvalue weighted by Gasteiger charge is -2.20. The Kier molecular flexibility index (Phi) is 5.22. The van der Waals surface area contributed by atoms with Gasteiger partial charge in [-0.1, -0.05) is 17.7 Å². The van der Waals surface area contributed by atoms with Crippen molar-refractivity contribution in [1.29, 1.82) is 0 Å². The monoisotopic (exact) mass is 321 g/mol. The van der Waals surface area contributed by atoms with Crippen LogP contribution in [0.3, 0.4) is 0 Å². The van der Waals surface area contributed by atoms with Gasteiger partial charge < -0.3 is 15.2 Å². The fourth-order valence-corrected chi connectivity index (χ4v) is 2.25. The minimum atomic E-state index is -1.07. The molecule has 116 valence electrons. The molecule has 1 heterocycles. The predicted molar refractivity (Wildman–Crippen MR) is 83.9 cm³/mol. The van der Waals surface area contributed by atoms with Crippen molar-refractivity contribution in [3.05, 3.63) is 47.0 Å². The second kappa shape index (κ2) is 7.13. The maximum absolute atomic E-state index is 12.2. The molecule has 1 amide bonds. The first-order chi connectivity index (χ1) is 10.5. The molecule has 6 heteroatoms. The van der Waals surface area contributed by atoms with Gasteiger partial charge in [-0.3, -0.25) is 4.79 Å². The summed E-state index contributed by atoms with van der Waals surface area (Å²) in [4.78, 5) is 23.3. The van der Waals surface area contributed by atoms with E-state index in [4.69, 9.17) is 21.4 Å². The number of aliphatic carboxylic acids is 1. The SMILES string of the molecule is C=CCCC(NC(=O)C1=Cc2cc(Cl)ccc2OC1)C(=O)O. The van der Waals surface area contributed by atoms with Crippen molar-refractivity contribution >= 4 is 29.6 Å². The number of amides is 1. The van der Waals surface area contributed by atoms with Crippen molar-refractivity contribution in [3.63, 3.8) is 0 Å². The second-order valence-electron chi connectivity index (χ2n) is 4.87. The number of nitrogens with one attached hydrogen (secondary N) is 1. The summed E-state index contributed by atoms with van der Waals surface area (Å²) in [6.07, 6.45) is 4.07. The smallest absolute Gasteiger partial charge is 0.326 e. The number of rotatable bonds is 6. The van der Waals surface area contributed by atoms with E-state index in [-0.39, 0.29) is 6.61 Å². The lowest BCUT2D eigenvalue weighted by molar-refractivity contribution is -0.141. The Bertz CT molecular complexity index is 639. The normalized spacial score (nSPS) is 14.1. The highest BCUT2D eigenvalue weighted by atomic mass is 35.5. The molecule has 0 bridgehead atoms. The molecule has 1 aromatic rings. The number of carbonyl (C=O) groups is 2. The first kappa shape index (κ1) is 16.1. The molecule has 22 heavy (non-hydrogen) atoms. The van der Waals surface area contributed by atoms with Crippen LogP contribution in [0.2, 0.25) is 5.02 Å². The Hall–Kier alpha value is -2.27. The van der Waals surface area contributed by atoms with Crippen LogP contribution >= 0.6 is 11.6 Å². The third kappa shape index (κ3) is 3.89. The lowest BCUT2D eigenvalue weighted by atomic mass is 10.1. The standard InChI is InChI=1S/C16H16ClNO4/c1-2-3-4-13(16(20)21)18-15(19)11-7-10-8-12(17)5-6-14(10)22-9-11/h2,5-8,13H,1,3-4,9H2,(H,18,19)(H,20,21). The van der Waals surface area contributed by atoms with E-state index in [1.165, 1.54) is 0 Å². The molecule has 2 N–H and O–H groups in total. The summed E-state index contributed by atoms with van der Waals surface area (Å²) in [6, 6.07) is 4.17. The number of benzene rings is 1. The van der Waals surface area contributed by atoms with E-state index in [0.717, 1.165) is 0 Å². The Morgan fingerprint density at radius 1 is 1.50 bits per heavy atom. The van der Waals surface area contributed by atoms with Gasteiger partial charge in [0.2, 0.25) is 0 Å². The fraction of sp³-hybridized carbons (Fsp3) is 0.250. The minimum absolute atomic E-state index is 0.0915. The molecule has 0 fully saturated rings. The number of halogens is 1. The average Bonchev–Trinajstić information content (AvgIpc) is 2.50. The minimum Gasteiger partial charge on any atom is -0.488 e. The van der Waals surface area contributed by atoms with E-state index in [0.29, 0.717) is 34.8 Å². The van der Waals surface area contributed by atoms with E-state index in [1.54, 1.807) is 30.4 Å². The number of hydrogen-bond donors (Lipinski definition) is 2. The van der Waals surface area contributed by atoms with Crippen LogP contribution in [0.4, 0.5) is 0 Å². The molecule has 5 nitrogen and oxygen atoms in total. The fourth-order valence-electron chi connectivity index (χ4n) is 2.07. The number of allylic oxidation sites excluding steroid dienone is 1. The molecule has 0 spiro atoms. The first-order valence-electron chi connectivity index (χ1n) is 6.78. The predicted octanol–water partition coefficient (Wildman–Crippen LogP) is 2.65. The Balaban J connectivity index is 2.12. The molecular formula is C16H16ClNO4. The zero-order valence-corrected chi connectivity index (χ0v) is 12.6. The highest BCUT2D eigenvalue weighted by molar-refractivity contribution is 6.30. The van der Waals surface area contributed by atoms with Gasteiger partial charge in [0.25, 0.3) is 5.91 Å². The Morgan fingerprint density at radius 2 is 2.27 bits per heavy atom. The number of ether oxygens (including phenoxy) is 1. The van der Waals surface area contributed by atoms with Crippen LogP contribution in [0.15, 0.2) is 36.4 Å². The summed E-state index contributed by atoms with van der Waals surface area (Å²) in [5.74, 6) is -0.888. The summed E-state index contributed by atoms with van der Waals surface area (Å²) < 4.78 is 5.48. The van der Waals surface area contributed by atoms with Crippen LogP contribution in [-0.2, 0) is 9.59 Å². The largest absolute Gasteiger partial charge is 0.488 e. The maximum Gasteiger partial charge on any atom is 0.326 e. The lowest BCUT2D eigenvalue weighted by Crippen LogP contribution is -2.42. The van der Waals surface area contributed by atoms with Crippen molar-refractivity contribution in [1.82, 2.24) is 5.32 Å². The molecular weight excluding hydrogens is 306 g/mol. The summed E-state index contributed by atoms with van der Waals surface area (Å²) in [5.41, 5.74) is 1.06. The van der Waals surface area contributed by atoms with Crippen LogP contribution in [0.5, 0.6) is 5.75 Å². The van der Waals surface area contributed by atoms with Gasteiger partial charge in [-0.25, -0.2) is 4.79 Å². The van der Waals surface area contributed by atoms with Crippen LogP contribution in [0.25, 0.3) is 6.08 Å². The van der Waals surface area contributed by atoms with Crippen LogP contribution < -0.4 is 10.1 Å². The zero-order chi connectivity index (χ0) is 16.1. The third-order valence-electron chi connectivity index (χ3n) is 3.24. The number of carboxylic acids is 1. The summed E-state index contributed by atoms with van der Waals surface area (Å²) >= 11 is 5.91. The van der Waals surface area contributed by atoms with Gasteiger partial charge >= 0.3 is 5.97 Å². The van der Waals surface area contributed by atoms with Gasteiger partial charge in [-0.15, -0.1) is 6.58 Å².